The maximum absolute atomic E-state index is 12.5. The molecule has 0 saturated carbocycles. The van der Waals surface area contributed by atoms with Gasteiger partial charge in [-0.3, -0.25) is 4.79 Å². The fourth-order valence-corrected chi connectivity index (χ4v) is 4.43. The summed E-state index contributed by atoms with van der Waals surface area (Å²) in [6, 6.07) is 5.87. The van der Waals surface area contributed by atoms with Gasteiger partial charge >= 0.3 is 0 Å². The summed E-state index contributed by atoms with van der Waals surface area (Å²) in [5.74, 6) is 1.44. The van der Waals surface area contributed by atoms with Crippen molar-refractivity contribution < 1.29 is 19.0 Å². The molecule has 24 heavy (non-hydrogen) atoms. The van der Waals surface area contributed by atoms with Crippen LogP contribution in [0.3, 0.4) is 0 Å². The van der Waals surface area contributed by atoms with Crippen LogP contribution in [0.25, 0.3) is 0 Å². The summed E-state index contributed by atoms with van der Waals surface area (Å²) in [7, 11) is 3.31. The molecule has 0 fully saturated rings. The summed E-state index contributed by atoms with van der Waals surface area (Å²) in [6.07, 6.45) is 5.46. The molecule has 3 aliphatic rings. The summed E-state index contributed by atoms with van der Waals surface area (Å²) < 4.78 is 17.5. The molecule has 5 atom stereocenters. The third-order valence-electron chi connectivity index (χ3n) is 5.88. The molecule has 0 saturated heterocycles. The van der Waals surface area contributed by atoms with Crippen LogP contribution in [0.2, 0.25) is 0 Å². The van der Waals surface area contributed by atoms with Crippen molar-refractivity contribution in [2.24, 2.45) is 17.8 Å². The maximum atomic E-state index is 12.5. The van der Waals surface area contributed by atoms with Gasteiger partial charge in [0.05, 0.1) is 13.0 Å². The zero-order valence-electron chi connectivity index (χ0n) is 14.4. The van der Waals surface area contributed by atoms with Crippen LogP contribution in [0, 0.1) is 17.8 Å². The van der Waals surface area contributed by atoms with Crippen molar-refractivity contribution in [1.82, 2.24) is 0 Å². The van der Waals surface area contributed by atoms with Gasteiger partial charge in [0.1, 0.15) is 11.5 Å². The lowest BCUT2D eigenvalue weighted by atomic mass is 9.59. The molecule has 1 heterocycles. The molecular formula is C20H22O4. The second-order valence-corrected chi connectivity index (χ2v) is 6.97. The molecule has 0 unspecified atom stereocenters. The third-order valence-corrected chi connectivity index (χ3v) is 5.88. The first-order valence-corrected chi connectivity index (χ1v) is 8.38. The Kier molecular flexibility index (Phi) is 3.36. The molecular weight excluding hydrogens is 304 g/mol. The van der Waals surface area contributed by atoms with E-state index < -0.39 is 5.79 Å². The molecule has 4 nitrogen and oxygen atoms in total. The van der Waals surface area contributed by atoms with E-state index >= 15 is 0 Å². The average Bonchev–Trinajstić information content (AvgIpc) is 2.60. The maximum Gasteiger partial charge on any atom is 0.238 e. The lowest BCUT2D eigenvalue weighted by Crippen LogP contribution is -2.55. The van der Waals surface area contributed by atoms with Gasteiger partial charge in [0.15, 0.2) is 5.78 Å². The van der Waals surface area contributed by atoms with Crippen molar-refractivity contribution in [3.8, 4) is 11.5 Å². The highest BCUT2D eigenvalue weighted by atomic mass is 16.7. The molecule has 0 amide bonds. The number of methoxy groups -OCH3 is 2. The number of carbonyl (C=O) groups is 1. The van der Waals surface area contributed by atoms with Crippen molar-refractivity contribution in [3.05, 3.63) is 47.6 Å². The number of fused-ring (bicyclic) bond motifs is 2. The van der Waals surface area contributed by atoms with Gasteiger partial charge in [0.25, 0.3) is 0 Å². The van der Waals surface area contributed by atoms with Crippen LogP contribution < -0.4 is 9.47 Å². The van der Waals surface area contributed by atoms with Crippen molar-refractivity contribution >= 4 is 5.78 Å². The van der Waals surface area contributed by atoms with Gasteiger partial charge in [-0.2, -0.15) is 0 Å². The first-order chi connectivity index (χ1) is 11.5. The van der Waals surface area contributed by atoms with Crippen LogP contribution in [0.4, 0.5) is 0 Å². The lowest BCUT2D eigenvalue weighted by Gasteiger charge is -2.52. The van der Waals surface area contributed by atoms with Gasteiger partial charge in [-0.15, -0.1) is 0 Å². The highest BCUT2D eigenvalue weighted by Crippen LogP contribution is 2.57. The Morgan fingerprint density at radius 2 is 2.00 bits per heavy atom. The fourth-order valence-electron chi connectivity index (χ4n) is 4.43. The second kappa shape index (κ2) is 5.21. The molecule has 1 aromatic rings. The van der Waals surface area contributed by atoms with E-state index in [9.17, 15) is 4.79 Å². The molecule has 1 aromatic carbocycles. The Hall–Kier alpha value is -2.07. The molecule has 0 aromatic heterocycles. The van der Waals surface area contributed by atoms with Crippen LogP contribution in [0.15, 0.2) is 42.0 Å². The summed E-state index contributed by atoms with van der Waals surface area (Å²) in [5, 5.41) is 0. The van der Waals surface area contributed by atoms with Crippen molar-refractivity contribution in [1.29, 1.82) is 0 Å². The number of rotatable bonds is 2. The lowest BCUT2D eigenvalue weighted by molar-refractivity contribution is -0.179. The van der Waals surface area contributed by atoms with Gasteiger partial charge in [0.2, 0.25) is 5.79 Å². The minimum Gasteiger partial charge on any atom is -0.497 e. The topological polar surface area (TPSA) is 44.8 Å². The standard InChI is InChI=1S/C20H22O4/c1-11-9-14-16(21)7-8-20(23-4)19(14)18(12(11)2)15-10-13(22-3)5-6-17(15)24-20/h5-12,18-19H,1-4H3/t11-,12+,18+,19+,20+/m0/s1. The first kappa shape index (κ1) is 15.5. The minimum absolute atomic E-state index is 0.0615. The molecule has 4 rings (SSSR count). The fraction of sp³-hybridized carbons (Fsp3) is 0.450. The molecule has 2 aliphatic carbocycles. The molecule has 126 valence electrons. The molecule has 1 aliphatic heterocycles. The highest BCUT2D eigenvalue weighted by Gasteiger charge is 2.57. The molecule has 0 N–H and O–H groups in total. The minimum atomic E-state index is -0.916. The molecule has 0 spiro atoms. The van der Waals surface area contributed by atoms with Crippen LogP contribution in [0.5, 0.6) is 11.5 Å². The van der Waals surface area contributed by atoms with Gasteiger partial charge in [-0.25, -0.2) is 0 Å². The summed E-state index contributed by atoms with van der Waals surface area (Å²) >= 11 is 0. The number of hydrogen-bond acceptors (Lipinski definition) is 4. The summed E-state index contributed by atoms with van der Waals surface area (Å²) in [6.45, 7) is 4.41. The third kappa shape index (κ3) is 1.92. The number of ether oxygens (including phenoxy) is 3. The second-order valence-electron chi connectivity index (χ2n) is 6.97. The normalized spacial score (nSPS) is 36.3. The van der Waals surface area contributed by atoms with E-state index in [-0.39, 0.29) is 17.6 Å². The Labute approximate surface area is 142 Å². The zero-order valence-corrected chi connectivity index (χ0v) is 14.4. The van der Waals surface area contributed by atoms with E-state index in [0.29, 0.717) is 11.8 Å². The highest BCUT2D eigenvalue weighted by molar-refractivity contribution is 6.06. The number of benzene rings is 1. The molecule has 0 radical (unpaired) electrons. The van der Waals surface area contributed by atoms with E-state index in [4.69, 9.17) is 14.2 Å². The first-order valence-electron chi connectivity index (χ1n) is 8.38. The number of ketones is 1. The van der Waals surface area contributed by atoms with E-state index in [0.717, 1.165) is 22.6 Å². The van der Waals surface area contributed by atoms with E-state index in [1.165, 1.54) is 0 Å². The predicted molar refractivity (Wildman–Crippen MR) is 90.2 cm³/mol. The molecule has 0 bridgehead atoms. The largest absolute Gasteiger partial charge is 0.497 e. The Morgan fingerprint density at radius 1 is 1.21 bits per heavy atom. The summed E-state index contributed by atoms with van der Waals surface area (Å²) in [4.78, 5) is 12.5. The van der Waals surface area contributed by atoms with Crippen molar-refractivity contribution in [2.75, 3.05) is 14.2 Å². The van der Waals surface area contributed by atoms with Crippen molar-refractivity contribution in [2.45, 2.75) is 25.6 Å². The van der Waals surface area contributed by atoms with Gasteiger partial charge < -0.3 is 14.2 Å². The van der Waals surface area contributed by atoms with Crippen LogP contribution in [-0.2, 0) is 9.53 Å². The monoisotopic (exact) mass is 326 g/mol. The zero-order chi connectivity index (χ0) is 17.1. The number of allylic oxidation sites excluding steroid dienone is 2. The van der Waals surface area contributed by atoms with E-state index in [2.05, 4.69) is 19.9 Å². The van der Waals surface area contributed by atoms with Gasteiger partial charge in [-0.05, 0) is 42.2 Å². The Bertz CT molecular complexity index is 763. The van der Waals surface area contributed by atoms with Crippen LogP contribution >= 0.6 is 0 Å². The van der Waals surface area contributed by atoms with Gasteiger partial charge in [0, 0.05) is 24.2 Å². The number of carbonyl (C=O) groups excluding carboxylic acids is 1. The average molecular weight is 326 g/mol. The quantitative estimate of drug-likeness (QED) is 0.835. The SMILES string of the molecule is COc1ccc2c(c1)[C@H]1[C@H](C)[C@@H](C)C=C3C(=O)C=C[C@@](OC)(O2)[C@H]31. The van der Waals surface area contributed by atoms with Gasteiger partial charge in [-0.1, -0.05) is 19.9 Å². The smallest absolute Gasteiger partial charge is 0.238 e. The van der Waals surface area contributed by atoms with E-state index in [1.54, 1.807) is 26.4 Å². The van der Waals surface area contributed by atoms with E-state index in [1.807, 2.05) is 18.2 Å². The number of hydrogen-bond donors (Lipinski definition) is 0. The predicted octanol–water partition coefficient (Wildman–Crippen LogP) is 3.48. The molecule has 4 heteroatoms. The van der Waals surface area contributed by atoms with Crippen LogP contribution in [0.1, 0.15) is 25.3 Å². The van der Waals surface area contributed by atoms with Crippen LogP contribution in [-0.4, -0.2) is 25.8 Å². The van der Waals surface area contributed by atoms with Crippen molar-refractivity contribution in [3.63, 3.8) is 0 Å². The summed E-state index contributed by atoms with van der Waals surface area (Å²) in [5.41, 5.74) is 1.91. The Morgan fingerprint density at radius 3 is 2.71 bits per heavy atom. The Balaban J connectivity index is 1.98.